The van der Waals surface area contributed by atoms with Gasteiger partial charge in [-0.15, -0.1) is 0 Å². The molecule has 16 nitrogen and oxygen atoms in total. The van der Waals surface area contributed by atoms with Gasteiger partial charge in [-0.2, -0.15) is 0 Å². The molecule has 2 aliphatic heterocycles. The van der Waals surface area contributed by atoms with Crippen LogP contribution in [-0.4, -0.2) is 132 Å². The Morgan fingerprint density at radius 3 is 2.21 bits per heavy atom. The summed E-state index contributed by atoms with van der Waals surface area (Å²) in [5.41, 5.74) is -4.46. The number of hydrogen-bond donors (Lipinski definition) is 6. The van der Waals surface area contributed by atoms with Gasteiger partial charge in [-0.3, -0.25) is 14.4 Å². The number of aromatic hydroxyl groups is 2. The van der Waals surface area contributed by atoms with Crippen LogP contribution in [0, 0.1) is 0 Å². The van der Waals surface area contributed by atoms with E-state index in [1.165, 1.54) is 37.1 Å². The van der Waals surface area contributed by atoms with E-state index in [0.717, 1.165) is 11.8 Å². The first-order valence-electron chi connectivity index (χ1n) is 17.0. The zero-order chi connectivity index (χ0) is 38.2. The number of ketones is 3. The number of nitrogens with zero attached hydrogens (tertiary/aromatic N) is 2. The lowest BCUT2D eigenvalue weighted by atomic mass is 9.72. The van der Waals surface area contributed by atoms with Gasteiger partial charge in [0.25, 0.3) is 0 Å². The van der Waals surface area contributed by atoms with Crippen molar-refractivity contribution >= 4 is 23.4 Å². The highest BCUT2D eigenvalue weighted by molar-refractivity contribution is 6.31. The number of ether oxygens (including phenoxy) is 4. The van der Waals surface area contributed by atoms with Gasteiger partial charge in [0.05, 0.1) is 55.2 Å². The Balaban J connectivity index is 1.35. The quantitative estimate of drug-likeness (QED) is 0.203. The lowest BCUT2D eigenvalue weighted by Gasteiger charge is -2.50. The standard InChI is InChI=1S/C36H44N2O14/c1-15-29(42)19(38-22(40)13-37(14-23(38)41)34(47)52-35(3,4)5)10-24(50-15)51-21-12-36(48,16(2)39)11-18-26(21)33(46)28-27(31(18)44)30(43)17-8-7-9-20(49-6)25(17)32(28)45/h7-9,15,19,21-24,29,40-42,44,46,48H,10-14H2,1-6H3/t15-,19?,21-,22?,23?,24-,29+,36-/m0/s1. The summed E-state index contributed by atoms with van der Waals surface area (Å²) in [5, 5.41) is 68.4. The number of carbonyl (C=O) groups excluding carboxylic acids is 4. The van der Waals surface area contributed by atoms with Crippen molar-refractivity contribution < 1.29 is 68.8 Å². The Labute approximate surface area is 299 Å². The molecule has 16 heteroatoms. The molecule has 3 unspecified atom stereocenters. The Hall–Kier alpha value is -4.16. The monoisotopic (exact) mass is 728 g/mol. The molecule has 0 radical (unpaired) electrons. The highest BCUT2D eigenvalue weighted by Gasteiger charge is 2.51. The van der Waals surface area contributed by atoms with E-state index in [1.807, 2.05) is 0 Å². The molecule has 52 heavy (non-hydrogen) atoms. The molecule has 2 heterocycles. The number of fused-ring (bicyclic) bond motifs is 3. The minimum Gasteiger partial charge on any atom is -0.507 e. The topological polar surface area (TPSA) is 233 Å². The summed E-state index contributed by atoms with van der Waals surface area (Å²) in [6.45, 7) is 7.20. The third-order valence-corrected chi connectivity index (χ3v) is 10.2. The number of hydrogen-bond acceptors (Lipinski definition) is 15. The molecule has 2 saturated heterocycles. The van der Waals surface area contributed by atoms with Gasteiger partial charge in [-0.1, -0.05) is 12.1 Å². The fraction of sp³-hybridized carbons (Fsp3) is 0.556. The van der Waals surface area contributed by atoms with Crippen molar-refractivity contribution in [3.8, 4) is 17.2 Å². The van der Waals surface area contributed by atoms with Gasteiger partial charge in [0.2, 0.25) is 5.78 Å². The fourth-order valence-electron chi connectivity index (χ4n) is 7.67. The first-order chi connectivity index (χ1) is 24.3. The lowest BCUT2D eigenvalue weighted by molar-refractivity contribution is -0.280. The number of β-amino-alcohol motifs (C(OH)–C–C–N with tert-alkyl or cyclic N) is 2. The van der Waals surface area contributed by atoms with Gasteiger partial charge in [0.1, 0.15) is 40.9 Å². The van der Waals surface area contributed by atoms with Crippen molar-refractivity contribution in [2.24, 2.45) is 0 Å². The zero-order valence-corrected chi connectivity index (χ0v) is 29.7. The maximum atomic E-state index is 13.9. The highest BCUT2D eigenvalue weighted by atomic mass is 16.7. The van der Waals surface area contributed by atoms with Gasteiger partial charge in [-0.25, -0.2) is 9.69 Å². The molecule has 2 fully saturated rings. The fourth-order valence-corrected chi connectivity index (χ4v) is 7.67. The zero-order valence-electron chi connectivity index (χ0n) is 29.7. The average molecular weight is 729 g/mol. The van der Waals surface area contributed by atoms with Crippen molar-refractivity contribution in [2.45, 2.75) is 108 Å². The highest BCUT2D eigenvalue weighted by Crippen LogP contribution is 2.52. The maximum Gasteiger partial charge on any atom is 0.410 e. The van der Waals surface area contributed by atoms with Gasteiger partial charge < -0.3 is 54.5 Å². The molecule has 8 atom stereocenters. The number of benzene rings is 2. The van der Waals surface area contributed by atoms with Crippen LogP contribution in [0.4, 0.5) is 4.79 Å². The van der Waals surface area contributed by atoms with Gasteiger partial charge in [-0.05, 0) is 40.7 Å². The van der Waals surface area contributed by atoms with Crippen LogP contribution in [0.1, 0.15) is 96.5 Å². The molecule has 6 N–H and O–H groups in total. The smallest absolute Gasteiger partial charge is 0.410 e. The summed E-state index contributed by atoms with van der Waals surface area (Å²) >= 11 is 0. The summed E-state index contributed by atoms with van der Waals surface area (Å²) in [4.78, 5) is 55.6. The Morgan fingerprint density at radius 1 is 0.981 bits per heavy atom. The van der Waals surface area contributed by atoms with Crippen molar-refractivity contribution in [3.05, 3.63) is 51.6 Å². The van der Waals surface area contributed by atoms with Crippen LogP contribution < -0.4 is 4.74 Å². The van der Waals surface area contributed by atoms with Crippen LogP contribution in [0.5, 0.6) is 17.2 Å². The van der Waals surface area contributed by atoms with Gasteiger partial charge in [0.15, 0.2) is 17.9 Å². The van der Waals surface area contributed by atoms with Crippen LogP contribution in [0.15, 0.2) is 18.2 Å². The number of rotatable bonds is 5. The van der Waals surface area contributed by atoms with Crippen LogP contribution >= 0.6 is 0 Å². The molecule has 6 rings (SSSR count). The third kappa shape index (κ3) is 6.31. The molecule has 0 aromatic heterocycles. The predicted octanol–water partition coefficient (Wildman–Crippen LogP) is 1.26. The Morgan fingerprint density at radius 2 is 1.62 bits per heavy atom. The molecular weight excluding hydrogens is 684 g/mol. The van der Waals surface area contributed by atoms with Crippen LogP contribution in [0.3, 0.4) is 0 Å². The van der Waals surface area contributed by atoms with E-state index < -0.39 is 113 Å². The number of aliphatic hydroxyl groups is 4. The maximum absolute atomic E-state index is 13.9. The van der Waals surface area contributed by atoms with E-state index in [-0.39, 0.29) is 47.5 Å². The van der Waals surface area contributed by atoms with E-state index in [1.54, 1.807) is 20.8 Å². The first kappa shape index (κ1) is 37.6. The largest absolute Gasteiger partial charge is 0.507 e. The van der Waals surface area contributed by atoms with Gasteiger partial charge >= 0.3 is 6.09 Å². The summed E-state index contributed by atoms with van der Waals surface area (Å²) < 4.78 is 23.0. The van der Waals surface area contributed by atoms with Crippen molar-refractivity contribution in [3.63, 3.8) is 0 Å². The second-order valence-electron chi connectivity index (χ2n) is 14.8. The molecule has 282 valence electrons. The number of methoxy groups -OCH3 is 1. The van der Waals surface area contributed by atoms with Crippen molar-refractivity contribution in [1.82, 2.24) is 9.80 Å². The molecule has 0 bridgehead atoms. The molecular formula is C36H44N2O14. The Kier molecular flexibility index (Phi) is 9.66. The second-order valence-corrected chi connectivity index (χ2v) is 14.8. The van der Waals surface area contributed by atoms with E-state index in [9.17, 15) is 49.8 Å². The number of aliphatic hydroxyl groups excluding tert-OH is 3. The lowest BCUT2D eigenvalue weighted by Crippen LogP contribution is -2.67. The Bertz CT molecular complexity index is 1810. The molecule has 0 spiro atoms. The summed E-state index contributed by atoms with van der Waals surface area (Å²) in [5.74, 6) is -3.61. The normalized spacial score (nSPS) is 30.7. The predicted molar refractivity (Wildman–Crippen MR) is 178 cm³/mol. The molecule has 0 saturated carbocycles. The van der Waals surface area contributed by atoms with E-state index in [4.69, 9.17) is 18.9 Å². The van der Waals surface area contributed by atoms with Crippen LogP contribution in [0.25, 0.3) is 0 Å². The summed E-state index contributed by atoms with van der Waals surface area (Å²) in [7, 11) is 1.31. The van der Waals surface area contributed by atoms with Crippen molar-refractivity contribution in [2.75, 3.05) is 20.2 Å². The third-order valence-electron chi connectivity index (χ3n) is 10.2. The SMILES string of the molecule is COc1cccc2c1C(=O)c1c(O)c3c(c(O)c1C2=O)C[C@@](O)(C(C)=O)C[C@@H]3O[C@H]1CC(N2C(O)CN(C(=O)OC(C)(C)C)CC2O)[C@H](O)[C@H](C)O1. The average Bonchev–Trinajstić information content (AvgIpc) is 3.05. The summed E-state index contributed by atoms with van der Waals surface area (Å²) in [6.07, 6.45) is -9.72. The second kappa shape index (κ2) is 13.4. The van der Waals surface area contributed by atoms with Crippen LogP contribution in [-0.2, 0) is 25.4 Å². The number of Topliss-reactive ketones (excluding diaryl/α,β-unsaturated/α-hetero) is 1. The number of amides is 1. The molecule has 4 aliphatic rings. The number of phenolic OH excluding ortho intramolecular Hbond substituents is 2. The minimum atomic E-state index is -2.14. The van der Waals surface area contributed by atoms with Crippen LogP contribution in [0.2, 0.25) is 0 Å². The number of phenols is 2. The molecule has 2 aromatic carbocycles. The molecule has 2 aliphatic carbocycles. The van der Waals surface area contributed by atoms with Gasteiger partial charge in [0, 0.05) is 42.0 Å². The van der Waals surface area contributed by atoms with E-state index in [0.29, 0.717) is 0 Å². The molecule has 1 amide bonds. The minimum absolute atomic E-state index is 0.0672. The van der Waals surface area contributed by atoms with E-state index >= 15 is 0 Å². The molecule has 2 aromatic rings. The van der Waals surface area contributed by atoms with Crippen molar-refractivity contribution in [1.29, 1.82) is 0 Å². The number of piperazine rings is 1. The van der Waals surface area contributed by atoms with E-state index in [2.05, 4.69) is 0 Å². The first-order valence-corrected chi connectivity index (χ1v) is 17.0. The summed E-state index contributed by atoms with van der Waals surface area (Å²) in [6, 6.07) is 3.34. The number of carbonyl (C=O) groups is 4.